The first kappa shape index (κ1) is 101. The van der Waals surface area contributed by atoms with Gasteiger partial charge in [-0.15, -0.1) is 0 Å². The van der Waals surface area contributed by atoms with Crippen molar-refractivity contribution in [2.75, 3.05) is 39.6 Å². The van der Waals surface area contributed by atoms with Crippen LogP contribution in [0.4, 0.5) is 0 Å². The molecule has 0 aromatic heterocycles. The zero-order chi connectivity index (χ0) is 76.0. The number of rotatable bonds is 81. The van der Waals surface area contributed by atoms with Crippen molar-refractivity contribution in [1.29, 1.82) is 0 Å². The minimum Gasteiger partial charge on any atom is -0.462 e. The predicted molar refractivity (Wildman–Crippen MR) is 423 cm³/mol. The third-order valence-corrected chi connectivity index (χ3v) is 22.2. The van der Waals surface area contributed by atoms with Crippen LogP contribution in [-0.2, 0) is 65.4 Å². The molecule has 0 aliphatic heterocycles. The molecule has 7 atom stereocenters. The van der Waals surface area contributed by atoms with Crippen LogP contribution < -0.4 is 0 Å². The summed E-state index contributed by atoms with van der Waals surface area (Å²) in [5.74, 6) is 1.10. The van der Waals surface area contributed by atoms with Crippen LogP contribution in [-0.4, -0.2) is 96.7 Å². The molecule has 103 heavy (non-hydrogen) atoms. The van der Waals surface area contributed by atoms with E-state index in [0.29, 0.717) is 25.7 Å². The van der Waals surface area contributed by atoms with Crippen LogP contribution in [0.25, 0.3) is 0 Å². The number of aliphatic hydroxyl groups is 1. The Morgan fingerprint density at radius 3 is 0.689 bits per heavy atom. The van der Waals surface area contributed by atoms with Crippen LogP contribution in [0.3, 0.4) is 0 Å². The van der Waals surface area contributed by atoms with Gasteiger partial charge in [0.05, 0.1) is 26.4 Å². The topological polar surface area (TPSA) is 237 Å². The fraction of sp³-hybridized carbons (Fsp3) is 0.952. The molecule has 0 aromatic carbocycles. The summed E-state index contributed by atoms with van der Waals surface area (Å²) in [7, 11) is -9.93. The lowest BCUT2D eigenvalue weighted by atomic mass is 9.99. The van der Waals surface area contributed by atoms with Crippen LogP contribution in [0.15, 0.2) is 0 Å². The molecule has 0 saturated heterocycles. The summed E-state index contributed by atoms with van der Waals surface area (Å²) < 4.78 is 68.9. The van der Waals surface area contributed by atoms with Crippen molar-refractivity contribution < 1.29 is 80.2 Å². The highest BCUT2D eigenvalue weighted by molar-refractivity contribution is 7.47. The van der Waals surface area contributed by atoms with Gasteiger partial charge in [-0.1, -0.05) is 383 Å². The number of carbonyl (C=O) groups is 4. The van der Waals surface area contributed by atoms with E-state index in [2.05, 4.69) is 55.4 Å². The molecule has 0 aromatic rings. The lowest BCUT2D eigenvalue weighted by Gasteiger charge is -2.21. The third kappa shape index (κ3) is 75.3. The van der Waals surface area contributed by atoms with Gasteiger partial charge in [-0.3, -0.25) is 37.3 Å². The Kier molecular flexibility index (Phi) is 71.5. The normalized spacial score (nSPS) is 14.5. The molecule has 3 N–H and O–H groups in total. The summed E-state index contributed by atoms with van der Waals surface area (Å²) >= 11 is 0. The van der Waals surface area contributed by atoms with E-state index < -0.39 is 97.5 Å². The molecule has 17 nitrogen and oxygen atoms in total. The Labute approximate surface area is 632 Å². The Hall–Kier alpha value is -1.94. The fourth-order valence-electron chi connectivity index (χ4n) is 12.9. The SMILES string of the molecule is CCC(C)CCCCCCCCCCCCCCCCC(=O)OC[C@H](COP(=O)(O)OC[C@@H](O)COP(=O)(O)OC[C@@H](COC(=O)CCCCCCCCCCCC(C)C)OC(=O)CCCCCCCCCCCCC(C)CC)OC(=O)CCCCCCCCCCCCCCCCCCC(C)C. The Morgan fingerprint density at radius 1 is 0.272 bits per heavy atom. The van der Waals surface area contributed by atoms with Gasteiger partial charge in [0.2, 0.25) is 0 Å². The van der Waals surface area contributed by atoms with Gasteiger partial charge in [0.1, 0.15) is 19.3 Å². The largest absolute Gasteiger partial charge is 0.472 e. The summed E-state index contributed by atoms with van der Waals surface area (Å²) in [4.78, 5) is 73.2. The number of aliphatic hydroxyl groups excluding tert-OH is 1. The maximum atomic E-state index is 13.1. The molecule has 0 aliphatic carbocycles. The Balaban J connectivity index is 5.27. The van der Waals surface area contributed by atoms with Gasteiger partial charge >= 0.3 is 39.5 Å². The standard InChI is InChI=1S/C84H164O17P2/c1-9-76(7)62-54-46-38-30-22-18-15-16-19-23-32-40-48-56-64-81(86)94-70-79(100-83(88)66-58-50-42-33-24-20-14-12-11-13-17-21-28-36-44-52-60-74(3)4)72-98-102(90,91)96-68-78(85)69-97-103(92,93)99-73-80(71-95-82(87)65-57-49-41-35-27-29-37-45-53-61-75(5)6)101-84(89)67-59-51-43-34-26-25-31-39-47-55-63-77(8)10-2/h74-80,85H,9-73H2,1-8H3,(H,90,91)(H,92,93)/t76?,77?,78-,79-,80-/m1/s1. The highest BCUT2D eigenvalue weighted by Crippen LogP contribution is 2.45. The molecule has 0 radical (unpaired) electrons. The monoisotopic (exact) mass is 1510 g/mol. The van der Waals surface area contributed by atoms with Crippen molar-refractivity contribution >= 4 is 39.5 Å². The number of hydrogen-bond donors (Lipinski definition) is 3. The summed E-state index contributed by atoms with van der Waals surface area (Å²) in [6.45, 7) is 14.4. The second-order valence-corrected chi connectivity index (χ2v) is 34.6. The maximum absolute atomic E-state index is 13.1. The number of phosphoric ester groups is 2. The van der Waals surface area contributed by atoms with Gasteiger partial charge in [0.25, 0.3) is 0 Å². The van der Waals surface area contributed by atoms with Crippen LogP contribution in [0, 0.1) is 23.7 Å². The quantitative estimate of drug-likeness (QED) is 0.0222. The van der Waals surface area contributed by atoms with E-state index in [4.69, 9.17) is 37.0 Å². The van der Waals surface area contributed by atoms with Gasteiger partial charge < -0.3 is 33.8 Å². The molecule has 0 aliphatic rings. The van der Waals surface area contributed by atoms with E-state index in [1.54, 1.807) is 0 Å². The van der Waals surface area contributed by atoms with E-state index in [1.165, 1.54) is 238 Å². The van der Waals surface area contributed by atoms with E-state index in [9.17, 15) is 43.2 Å². The van der Waals surface area contributed by atoms with Gasteiger partial charge in [0.15, 0.2) is 12.2 Å². The second-order valence-electron chi connectivity index (χ2n) is 31.7. The van der Waals surface area contributed by atoms with E-state index in [0.717, 1.165) is 114 Å². The summed E-state index contributed by atoms with van der Waals surface area (Å²) in [6.07, 6.45) is 60.9. The number of carbonyl (C=O) groups excluding carboxylic acids is 4. The van der Waals surface area contributed by atoms with Gasteiger partial charge in [-0.2, -0.15) is 0 Å². The lowest BCUT2D eigenvalue weighted by Crippen LogP contribution is -2.30. The average molecular weight is 1510 g/mol. The number of phosphoric acid groups is 2. The molecular formula is C84H164O17P2. The minimum atomic E-state index is -4.97. The molecule has 0 bridgehead atoms. The maximum Gasteiger partial charge on any atom is 0.472 e. The summed E-state index contributed by atoms with van der Waals surface area (Å²) in [5, 5.41) is 10.7. The molecule has 4 unspecified atom stereocenters. The molecule has 0 amide bonds. The average Bonchev–Trinajstić information content (AvgIpc) is 0.924. The van der Waals surface area contributed by atoms with Crippen molar-refractivity contribution in [2.45, 2.75) is 453 Å². The number of ether oxygens (including phenoxy) is 4. The number of hydrogen-bond acceptors (Lipinski definition) is 15. The van der Waals surface area contributed by atoms with Crippen LogP contribution in [0.5, 0.6) is 0 Å². The third-order valence-electron chi connectivity index (χ3n) is 20.3. The predicted octanol–water partition coefficient (Wildman–Crippen LogP) is 25.2. The van der Waals surface area contributed by atoms with E-state index >= 15 is 0 Å². The summed E-state index contributed by atoms with van der Waals surface area (Å²) in [5.41, 5.74) is 0. The summed E-state index contributed by atoms with van der Waals surface area (Å²) in [6, 6.07) is 0. The molecule has 19 heteroatoms. The molecule has 0 fully saturated rings. The van der Waals surface area contributed by atoms with Gasteiger partial charge in [0, 0.05) is 25.7 Å². The minimum absolute atomic E-state index is 0.106. The van der Waals surface area contributed by atoms with Crippen LogP contribution >= 0.6 is 15.6 Å². The van der Waals surface area contributed by atoms with Crippen molar-refractivity contribution in [1.82, 2.24) is 0 Å². The van der Waals surface area contributed by atoms with Crippen molar-refractivity contribution in [2.24, 2.45) is 23.7 Å². The molecular weight excluding hydrogens is 1340 g/mol. The van der Waals surface area contributed by atoms with Gasteiger partial charge in [-0.25, -0.2) is 9.13 Å². The number of esters is 4. The molecule has 0 heterocycles. The highest BCUT2D eigenvalue weighted by atomic mass is 31.2. The number of unbranched alkanes of at least 4 members (excludes halogenated alkanes) is 45. The molecule has 0 rings (SSSR count). The van der Waals surface area contributed by atoms with Crippen molar-refractivity contribution in [3.05, 3.63) is 0 Å². The lowest BCUT2D eigenvalue weighted by molar-refractivity contribution is -0.161. The molecule has 612 valence electrons. The first-order valence-corrected chi connectivity index (χ1v) is 46.3. The van der Waals surface area contributed by atoms with Crippen LogP contribution in [0.2, 0.25) is 0 Å². The second kappa shape index (κ2) is 72.9. The smallest absolute Gasteiger partial charge is 0.462 e. The highest BCUT2D eigenvalue weighted by Gasteiger charge is 2.30. The first-order valence-electron chi connectivity index (χ1n) is 43.3. The zero-order valence-electron chi connectivity index (χ0n) is 68.0. The zero-order valence-corrected chi connectivity index (χ0v) is 69.7. The fourth-order valence-corrected chi connectivity index (χ4v) is 14.5. The first-order chi connectivity index (χ1) is 49.7. The van der Waals surface area contributed by atoms with Crippen LogP contribution in [0.1, 0.15) is 434 Å². The van der Waals surface area contributed by atoms with E-state index in [-0.39, 0.29) is 25.7 Å². The molecule has 0 spiro atoms. The van der Waals surface area contributed by atoms with Gasteiger partial charge in [-0.05, 0) is 49.4 Å². The van der Waals surface area contributed by atoms with Crippen molar-refractivity contribution in [3.8, 4) is 0 Å². The van der Waals surface area contributed by atoms with Crippen molar-refractivity contribution in [3.63, 3.8) is 0 Å². The Morgan fingerprint density at radius 2 is 0.466 bits per heavy atom. The Bertz CT molecular complexity index is 2010. The van der Waals surface area contributed by atoms with E-state index in [1.807, 2.05) is 0 Å². The molecule has 0 saturated carbocycles.